The van der Waals surface area contributed by atoms with Gasteiger partial charge in [0.2, 0.25) is 5.88 Å². The fraction of sp³-hybridized carbons (Fsp3) is 0.267. The molecule has 1 unspecified atom stereocenters. The van der Waals surface area contributed by atoms with Gasteiger partial charge in [-0.3, -0.25) is 0 Å². The zero-order valence-corrected chi connectivity index (χ0v) is 10.8. The molecule has 2 rings (SSSR count). The number of aryl methyl sites for hydroxylation is 1. The van der Waals surface area contributed by atoms with Gasteiger partial charge in [0.1, 0.15) is 0 Å². The Morgan fingerprint density at radius 3 is 2.83 bits per heavy atom. The van der Waals surface area contributed by atoms with Gasteiger partial charge in [0.05, 0.1) is 13.2 Å². The molecule has 94 valence electrons. The molecule has 1 aromatic heterocycles. The molecule has 2 aromatic rings. The molecule has 1 heterocycles. The van der Waals surface area contributed by atoms with Crippen LogP contribution < -0.4 is 10.5 Å². The van der Waals surface area contributed by atoms with E-state index >= 15 is 0 Å². The molecule has 0 aliphatic heterocycles. The third-order valence-electron chi connectivity index (χ3n) is 3.05. The summed E-state index contributed by atoms with van der Waals surface area (Å²) in [5.41, 5.74) is 9.57. The van der Waals surface area contributed by atoms with Crippen molar-refractivity contribution >= 4 is 0 Å². The van der Waals surface area contributed by atoms with Crippen molar-refractivity contribution in [3.8, 4) is 5.88 Å². The van der Waals surface area contributed by atoms with Gasteiger partial charge in [0, 0.05) is 11.8 Å². The summed E-state index contributed by atoms with van der Waals surface area (Å²) in [6.45, 7) is 2.13. The third kappa shape index (κ3) is 2.51. The van der Waals surface area contributed by atoms with E-state index in [-0.39, 0.29) is 6.04 Å². The summed E-state index contributed by atoms with van der Waals surface area (Å²) in [6.07, 6.45) is 2.71. The number of nitrogens with two attached hydrogens (primary N) is 1. The molecule has 0 saturated heterocycles. The zero-order valence-electron chi connectivity index (χ0n) is 10.8. The van der Waals surface area contributed by atoms with Gasteiger partial charge in [0.25, 0.3) is 0 Å². The van der Waals surface area contributed by atoms with Crippen LogP contribution in [0.2, 0.25) is 0 Å². The lowest BCUT2D eigenvalue weighted by atomic mass is 9.98. The number of aromatic nitrogens is 1. The summed E-state index contributed by atoms with van der Waals surface area (Å²) in [6, 6.07) is 11.9. The molecular weight excluding hydrogens is 224 g/mol. The first-order chi connectivity index (χ1) is 8.76. The van der Waals surface area contributed by atoms with Crippen molar-refractivity contribution in [2.45, 2.75) is 19.4 Å². The highest BCUT2D eigenvalue weighted by molar-refractivity contribution is 5.38. The summed E-state index contributed by atoms with van der Waals surface area (Å²) in [7, 11) is 1.61. The van der Waals surface area contributed by atoms with Gasteiger partial charge in [-0.2, -0.15) is 0 Å². The maximum Gasteiger partial charge on any atom is 0.218 e. The summed E-state index contributed by atoms with van der Waals surface area (Å²) in [5, 5.41) is 0. The predicted octanol–water partition coefficient (Wildman–Crippen LogP) is 2.70. The van der Waals surface area contributed by atoms with Crippen LogP contribution in [0.3, 0.4) is 0 Å². The number of pyridine rings is 1. The SMILES string of the molecule is CCc1cccc(C(N)c2cccnc2OC)c1. The van der Waals surface area contributed by atoms with Crippen molar-refractivity contribution in [3.63, 3.8) is 0 Å². The fourth-order valence-electron chi connectivity index (χ4n) is 2.00. The molecule has 0 radical (unpaired) electrons. The van der Waals surface area contributed by atoms with E-state index < -0.39 is 0 Å². The van der Waals surface area contributed by atoms with Crippen LogP contribution in [0.4, 0.5) is 0 Å². The summed E-state index contributed by atoms with van der Waals surface area (Å²) < 4.78 is 5.25. The van der Waals surface area contributed by atoms with E-state index in [0.29, 0.717) is 5.88 Å². The monoisotopic (exact) mass is 242 g/mol. The highest BCUT2D eigenvalue weighted by atomic mass is 16.5. The molecule has 0 bridgehead atoms. The van der Waals surface area contributed by atoms with Crippen LogP contribution >= 0.6 is 0 Å². The van der Waals surface area contributed by atoms with Gasteiger partial charge in [0.15, 0.2) is 0 Å². The van der Waals surface area contributed by atoms with Crippen LogP contribution in [0, 0.1) is 0 Å². The van der Waals surface area contributed by atoms with Crippen molar-refractivity contribution < 1.29 is 4.74 Å². The van der Waals surface area contributed by atoms with Crippen LogP contribution in [0.5, 0.6) is 5.88 Å². The Morgan fingerprint density at radius 2 is 2.11 bits per heavy atom. The minimum absolute atomic E-state index is 0.208. The lowest BCUT2D eigenvalue weighted by Crippen LogP contribution is -2.13. The number of nitrogens with zero attached hydrogens (tertiary/aromatic N) is 1. The van der Waals surface area contributed by atoms with Crippen LogP contribution in [-0.4, -0.2) is 12.1 Å². The van der Waals surface area contributed by atoms with E-state index in [1.165, 1.54) is 5.56 Å². The van der Waals surface area contributed by atoms with Gasteiger partial charge in [-0.25, -0.2) is 4.98 Å². The minimum Gasteiger partial charge on any atom is -0.481 e. The molecule has 0 aliphatic rings. The van der Waals surface area contributed by atoms with Crippen molar-refractivity contribution in [3.05, 3.63) is 59.3 Å². The van der Waals surface area contributed by atoms with Crippen molar-refractivity contribution in [2.24, 2.45) is 5.73 Å². The van der Waals surface area contributed by atoms with E-state index in [1.807, 2.05) is 24.3 Å². The number of benzene rings is 1. The highest BCUT2D eigenvalue weighted by Crippen LogP contribution is 2.26. The second kappa shape index (κ2) is 5.65. The summed E-state index contributed by atoms with van der Waals surface area (Å²) >= 11 is 0. The van der Waals surface area contributed by atoms with Crippen LogP contribution in [0.1, 0.15) is 29.7 Å². The molecule has 0 spiro atoms. The Kier molecular flexibility index (Phi) is 3.95. The summed E-state index contributed by atoms with van der Waals surface area (Å²) in [5.74, 6) is 0.590. The maximum atomic E-state index is 6.30. The van der Waals surface area contributed by atoms with Crippen molar-refractivity contribution in [2.75, 3.05) is 7.11 Å². The topological polar surface area (TPSA) is 48.1 Å². The van der Waals surface area contributed by atoms with Gasteiger partial charge in [-0.1, -0.05) is 37.3 Å². The van der Waals surface area contributed by atoms with Gasteiger partial charge < -0.3 is 10.5 Å². The smallest absolute Gasteiger partial charge is 0.218 e. The molecular formula is C15H18N2O. The van der Waals surface area contributed by atoms with E-state index in [2.05, 4.69) is 24.0 Å². The van der Waals surface area contributed by atoms with E-state index in [1.54, 1.807) is 13.3 Å². The molecule has 1 aromatic carbocycles. The molecule has 3 heteroatoms. The van der Waals surface area contributed by atoms with Crippen LogP contribution in [-0.2, 0) is 6.42 Å². The molecule has 0 aliphatic carbocycles. The molecule has 0 amide bonds. The van der Waals surface area contributed by atoms with Crippen molar-refractivity contribution in [1.82, 2.24) is 4.98 Å². The highest BCUT2D eigenvalue weighted by Gasteiger charge is 2.14. The number of ether oxygens (including phenoxy) is 1. The quantitative estimate of drug-likeness (QED) is 0.896. The number of hydrogen-bond donors (Lipinski definition) is 1. The minimum atomic E-state index is -0.208. The largest absolute Gasteiger partial charge is 0.481 e. The van der Waals surface area contributed by atoms with Gasteiger partial charge >= 0.3 is 0 Å². The predicted molar refractivity (Wildman–Crippen MR) is 72.6 cm³/mol. The lowest BCUT2D eigenvalue weighted by Gasteiger charge is -2.15. The Morgan fingerprint density at radius 1 is 1.28 bits per heavy atom. The average molecular weight is 242 g/mol. The molecule has 0 fully saturated rings. The van der Waals surface area contributed by atoms with E-state index in [0.717, 1.165) is 17.5 Å². The second-order valence-electron chi connectivity index (χ2n) is 4.18. The number of rotatable bonds is 4. The second-order valence-corrected chi connectivity index (χ2v) is 4.18. The van der Waals surface area contributed by atoms with Gasteiger partial charge in [-0.15, -0.1) is 0 Å². The summed E-state index contributed by atoms with van der Waals surface area (Å²) in [4.78, 5) is 4.18. The van der Waals surface area contributed by atoms with E-state index in [4.69, 9.17) is 10.5 Å². The normalized spacial score (nSPS) is 12.2. The Hall–Kier alpha value is -1.87. The first-order valence-electron chi connectivity index (χ1n) is 6.09. The Bertz CT molecular complexity index is 525. The average Bonchev–Trinajstić information content (AvgIpc) is 2.46. The maximum absolute atomic E-state index is 6.30. The fourth-order valence-corrected chi connectivity index (χ4v) is 2.00. The molecule has 0 saturated carbocycles. The van der Waals surface area contributed by atoms with E-state index in [9.17, 15) is 0 Å². The lowest BCUT2D eigenvalue weighted by molar-refractivity contribution is 0.390. The Balaban J connectivity index is 2.37. The zero-order chi connectivity index (χ0) is 13.0. The van der Waals surface area contributed by atoms with Crippen LogP contribution in [0.25, 0.3) is 0 Å². The standard InChI is InChI=1S/C15H18N2O/c1-3-11-6-4-7-12(10-11)14(16)13-8-5-9-17-15(13)18-2/h4-10,14H,3,16H2,1-2H3. The Labute approximate surface area is 108 Å². The molecule has 2 N–H and O–H groups in total. The molecule has 18 heavy (non-hydrogen) atoms. The van der Waals surface area contributed by atoms with Crippen LogP contribution in [0.15, 0.2) is 42.6 Å². The van der Waals surface area contributed by atoms with Crippen molar-refractivity contribution in [1.29, 1.82) is 0 Å². The first kappa shape index (κ1) is 12.6. The first-order valence-corrected chi connectivity index (χ1v) is 6.09. The molecule has 3 nitrogen and oxygen atoms in total. The molecule has 1 atom stereocenters. The number of hydrogen-bond acceptors (Lipinski definition) is 3. The van der Waals surface area contributed by atoms with Gasteiger partial charge in [-0.05, 0) is 23.6 Å². The number of methoxy groups -OCH3 is 1. The third-order valence-corrected chi connectivity index (χ3v) is 3.05.